The SMILES string of the molecule is CCOc1ccc(C(=O)OC(C(=O)OC)c2cccnc2)cc1C. The Morgan fingerprint density at radius 3 is 2.62 bits per heavy atom. The van der Waals surface area contributed by atoms with Crippen LogP contribution in [-0.2, 0) is 14.3 Å². The molecule has 126 valence electrons. The molecule has 0 saturated carbocycles. The summed E-state index contributed by atoms with van der Waals surface area (Å²) in [6.45, 7) is 4.26. The molecule has 0 aliphatic rings. The van der Waals surface area contributed by atoms with E-state index in [1.54, 1.807) is 36.5 Å². The van der Waals surface area contributed by atoms with Gasteiger partial charge in [0.1, 0.15) is 5.75 Å². The second-order valence-corrected chi connectivity index (χ2v) is 5.01. The largest absolute Gasteiger partial charge is 0.494 e. The van der Waals surface area contributed by atoms with Crippen molar-refractivity contribution in [2.45, 2.75) is 20.0 Å². The van der Waals surface area contributed by atoms with Crippen LogP contribution in [0, 0.1) is 6.92 Å². The second-order valence-electron chi connectivity index (χ2n) is 5.01. The Labute approximate surface area is 140 Å². The summed E-state index contributed by atoms with van der Waals surface area (Å²) in [5.74, 6) is -0.592. The third-order valence-corrected chi connectivity index (χ3v) is 3.34. The van der Waals surface area contributed by atoms with Crippen LogP contribution in [0.2, 0.25) is 0 Å². The minimum atomic E-state index is -1.16. The molecule has 0 aliphatic heterocycles. The van der Waals surface area contributed by atoms with Crippen LogP contribution in [0.4, 0.5) is 0 Å². The van der Waals surface area contributed by atoms with E-state index in [9.17, 15) is 9.59 Å². The maximum absolute atomic E-state index is 12.4. The number of carbonyl (C=O) groups excluding carboxylic acids is 2. The van der Waals surface area contributed by atoms with Gasteiger partial charge in [-0.1, -0.05) is 6.07 Å². The molecule has 0 aliphatic carbocycles. The zero-order valence-corrected chi connectivity index (χ0v) is 13.8. The van der Waals surface area contributed by atoms with Gasteiger partial charge in [-0.2, -0.15) is 0 Å². The molecule has 0 saturated heterocycles. The Morgan fingerprint density at radius 2 is 2.04 bits per heavy atom. The standard InChI is InChI=1S/C18H19NO5/c1-4-23-15-8-7-13(10-12(15)2)17(20)24-16(18(21)22-3)14-6-5-9-19-11-14/h5-11,16H,4H2,1-3H3. The van der Waals surface area contributed by atoms with Gasteiger partial charge in [-0.05, 0) is 43.7 Å². The smallest absolute Gasteiger partial charge is 0.352 e. The number of aryl methyl sites for hydroxylation is 1. The predicted octanol–water partition coefficient (Wildman–Crippen LogP) is 2.86. The van der Waals surface area contributed by atoms with Gasteiger partial charge in [-0.25, -0.2) is 9.59 Å². The topological polar surface area (TPSA) is 74.7 Å². The molecule has 0 bridgehead atoms. The summed E-state index contributed by atoms with van der Waals surface area (Å²) in [6.07, 6.45) is 1.86. The Kier molecular flexibility index (Phi) is 5.89. The van der Waals surface area contributed by atoms with Crippen LogP contribution in [0.15, 0.2) is 42.7 Å². The molecule has 1 atom stereocenters. The second kappa shape index (κ2) is 8.10. The van der Waals surface area contributed by atoms with Gasteiger partial charge in [-0.3, -0.25) is 4.98 Å². The summed E-state index contributed by atoms with van der Waals surface area (Å²) >= 11 is 0. The number of hydrogen-bond donors (Lipinski definition) is 0. The normalized spacial score (nSPS) is 11.5. The van der Waals surface area contributed by atoms with Gasteiger partial charge in [0.2, 0.25) is 6.10 Å². The number of carbonyl (C=O) groups is 2. The molecule has 1 aromatic carbocycles. The van der Waals surface area contributed by atoms with Crippen LogP contribution in [0.25, 0.3) is 0 Å². The number of methoxy groups -OCH3 is 1. The minimum Gasteiger partial charge on any atom is -0.494 e. The van der Waals surface area contributed by atoms with Crippen molar-refractivity contribution < 1.29 is 23.8 Å². The van der Waals surface area contributed by atoms with E-state index in [1.807, 2.05) is 13.8 Å². The number of esters is 2. The molecule has 0 amide bonds. The number of aromatic nitrogens is 1. The van der Waals surface area contributed by atoms with Crippen molar-refractivity contribution in [1.29, 1.82) is 0 Å². The van der Waals surface area contributed by atoms with Crippen LogP contribution in [0.3, 0.4) is 0 Å². The van der Waals surface area contributed by atoms with E-state index in [0.29, 0.717) is 23.5 Å². The van der Waals surface area contributed by atoms with E-state index in [1.165, 1.54) is 13.3 Å². The lowest BCUT2D eigenvalue weighted by molar-refractivity contribution is -0.151. The third-order valence-electron chi connectivity index (χ3n) is 3.34. The van der Waals surface area contributed by atoms with E-state index in [4.69, 9.17) is 14.2 Å². The van der Waals surface area contributed by atoms with Crippen LogP contribution in [0.5, 0.6) is 5.75 Å². The van der Waals surface area contributed by atoms with Crippen molar-refractivity contribution >= 4 is 11.9 Å². The first-order valence-corrected chi connectivity index (χ1v) is 7.49. The van der Waals surface area contributed by atoms with E-state index in [0.717, 1.165) is 5.56 Å². The predicted molar refractivity (Wildman–Crippen MR) is 86.8 cm³/mol. The van der Waals surface area contributed by atoms with Gasteiger partial charge in [0, 0.05) is 18.0 Å². The summed E-state index contributed by atoms with van der Waals surface area (Å²) in [5.41, 5.74) is 1.58. The van der Waals surface area contributed by atoms with Crippen molar-refractivity contribution in [3.05, 3.63) is 59.4 Å². The molecule has 6 nitrogen and oxygen atoms in total. The Bertz CT molecular complexity index is 715. The number of nitrogens with zero attached hydrogens (tertiary/aromatic N) is 1. The van der Waals surface area contributed by atoms with Gasteiger partial charge in [0.15, 0.2) is 0 Å². The molecule has 0 radical (unpaired) electrons. The molecule has 0 spiro atoms. The number of rotatable bonds is 6. The average Bonchev–Trinajstić information content (AvgIpc) is 2.61. The number of hydrogen-bond acceptors (Lipinski definition) is 6. The minimum absolute atomic E-state index is 0.328. The summed E-state index contributed by atoms with van der Waals surface area (Å²) in [6, 6.07) is 8.25. The van der Waals surface area contributed by atoms with Crippen LogP contribution < -0.4 is 4.74 Å². The van der Waals surface area contributed by atoms with Crippen LogP contribution >= 0.6 is 0 Å². The highest BCUT2D eigenvalue weighted by Gasteiger charge is 2.27. The Hall–Kier alpha value is -2.89. The van der Waals surface area contributed by atoms with E-state index in [2.05, 4.69) is 4.98 Å². The van der Waals surface area contributed by atoms with E-state index < -0.39 is 18.0 Å². The quantitative estimate of drug-likeness (QED) is 0.759. The van der Waals surface area contributed by atoms with Crippen molar-refractivity contribution in [2.75, 3.05) is 13.7 Å². The fraction of sp³-hybridized carbons (Fsp3) is 0.278. The summed E-state index contributed by atoms with van der Waals surface area (Å²) in [7, 11) is 1.24. The number of benzene rings is 1. The highest BCUT2D eigenvalue weighted by atomic mass is 16.6. The van der Waals surface area contributed by atoms with E-state index >= 15 is 0 Å². The molecule has 1 unspecified atom stereocenters. The van der Waals surface area contributed by atoms with E-state index in [-0.39, 0.29) is 0 Å². The zero-order chi connectivity index (χ0) is 17.5. The summed E-state index contributed by atoms with van der Waals surface area (Å²) < 4.78 is 15.5. The first-order valence-electron chi connectivity index (χ1n) is 7.49. The van der Waals surface area contributed by atoms with Gasteiger partial charge < -0.3 is 14.2 Å². The Morgan fingerprint density at radius 1 is 1.25 bits per heavy atom. The lowest BCUT2D eigenvalue weighted by Crippen LogP contribution is -2.21. The average molecular weight is 329 g/mol. The van der Waals surface area contributed by atoms with Gasteiger partial charge in [0.25, 0.3) is 0 Å². The lowest BCUT2D eigenvalue weighted by atomic mass is 10.1. The first-order chi connectivity index (χ1) is 11.6. The maximum atomic E-state index is 12.4. The van der Waals surface area contributed by atoms with Crippen molar-refractivity contribution in [3.63, 3.8) is 0 Å². The number of ether oxygens (including phenoxy) is 3. The van der Waals surface area contributed by atoms with Crippen LogP contribution in [0.1, 0.15) is 34.5 Å². The van der Waals surface area contributed by atoms with Crippen molar-refractivity contribution in [1.82, 2.24) is 4.98 Å². The van der Waals surface area contributed by atoms with Crippen molar-refractivity contribution in [3.8, 4) is 5.75 Å². The number of pyridine rings is 1. The molecule has 0 N–H and O–H groups in total. The fourth-order valence-corrected chi connectivity index (χ4v) is 2.16. The highest BCUT2D eigenvalue weighted by molar-refractivity contribution is 5.92. The molecule has 2 rings (SSSR count). The lowest BCUT2D eigenvalue weighted by Gasteiger charge is -2.16. The first kappa shape index (κ1) is 17.5. The summed E-state index contributed by atoms with van der Waals surface area (Å²) in [4.78, 5) is 28.3. The molecular weight excluding hydrogens is 310 g/mol. The monoisotopic (exact) mass is 329 g/mol. The molecular formula is C18H19NO5. The molecule has 1 aromatic heterocycles. The van der Waals surface area contributed by atoms with Gasteiger partial charge in [0.05, 0.1) is 19.3 Å². The highest BCUT2D eigenvalue weighted by Crippen LogP contribution is 2.23. The molecule has 1 heterocycles. The molecule has 24 heavy (non-hydrogen) atoms. The fourth-order valence-electron chi connectivity index (χ4n) is 2.16. The molecule has 0 fully saturated rings. The third kappa shape index (κ3) is 4.10. The zero-order valence-electron chi connectivity index (χ0n) is 13.8. The van der Waals surface area contributed by atoms with Crippen LogP contribution in [-0.4, -0.2) is 30.6 Å². The van der Waals surface area contributed by atoms with Gasteiger partial charge in [-0.15, -0.1) is 0 Å². The molecule has 6 heteroatoms. The van der Waals surface area contributed by atoms with Gasteiger partial charge >= 0.3 is 11.9 Å². The summed E-state index contributed by atoms with van der Waals surface area (Å²) in [5, 5.41) is 0. The Balaban J connectivity index is 2.22. The maximum Gasteiger partial charge on any atom is 0.352 e. The molecule has 2 aromatic rings. The van der Waals surface area contributed by atoms with Crippen molar-refractivity contribution in [2.24, 2.45) is 0 Å².